The van der Waals surface area contributed by atoms with Crippen molar-refractivity contribution >= 4 is 11.9 Å². The van der Waals surface area contributed by atoms with Crippen LogP contribution in [-0.4, -0.2) is 23.5 Å². The van der Waals surface area contributed by atoms with Gasteiger partial charge in [-0.3, -0.25) is 9.59 Å². The van der Waals surface area contributed by atoms with Crippen LogP contribution in [0, 0.1) is 5.41 Å². The van der Waals surface area contributed by atoms with E-state index >= 15 is 0 Å². The average Bonchev–Trinajstić information content (AvgIpc) is 2.56. The smallest absolute Gasteiger partial charge is 0.309 e. The lowest BCUT2D eigenvalue weighted by Crippen LogP contribution is -2.32. The summed E-state index contributed by atoms with van der Waals surface area (Å²) in [6.45, 7) is 3.65. The average molecular weight is 325 g/mol. The minimum absolute atomic E-state index is 0.164. The Morgan fingerprint density at radius 1 is 1.00 bits per heavy atom. The van der Waals surface area contributed by atoms with E-state index in [0.29, 0.717) is 24.9 Å². The molecule has 0 atom stereocenters. The van der Waals surface area contributed by atoms with Gasteiger partial charge >= 0.3 is 5.97 Å². The number of carboxylic acids is 1. The van der Waals surface area contributed by atoms with Gasteiger partial charge in [-0.15, -0.1) is 0 Å². The van der Waals surface area contributed by atoms with E-state index in [2.05, 4.69) is 5.32 Å². The van der Waals surface area contributed by atoms with Crippen LogP contribution >= 0.6 is 0 Å². The largest absolute Gasteiger partial charge is 0.481 e. The fourth-order valence-corrected chi connectivity index (χ4v) is 2.40. The lowest BCUT2D eigenvalue weighted by Gasteiger charge is -2.19. The Morgan fingerprint density at radius 3 is 2.29 bits per heavy atom. The Kier molecular flexibility index (Phi) is 5.74. The van der Waals surface area contributed by atoms with Gasteiger partial charge in [-0.05, 0) is 43.9 Å². The molecule has 0 aliphatic heterocycles. The number of aliphatic carboxylic acids is 1. The second-order valence-corrected chi connectivity index (χ2v) is 6.51. The molecule has 0 saturated carbocycles. The Balaban J connectivity index is 2.03. The summed E-state index contributed by atoms with van der Waals surface area (Å²) in [5.41, 5.74) is 1.88. The minimum Gasteiger partial charge on any atom is -0.481 e. The lowest BCUT2D eigenvalue weighted by atomic mass is 9.89. The molecular weight excluding hydrogens is 302 g/mol. The molecule has 126 valence electrons. The van der Waals surface area contributed by atoms with Crippen LogP contribution in [0.3, 0.4) is 0 Å². The summed E-state index contributed by atoms with van der Waals surface area (Å²) < 4.78 is 0. The zero-order valence-electron chi connectivity index (χ0n) is 14.1. The lowest BCUT2D eigenvalue weighted by molar-refractivity contribution is -0.147. The number of amides is 1. The van der Waals surface area contributed by atoms with Gasteiger partial charge in [0.2, 0.25) is 0 Å². The molecule has 4 heteroatoms. The van der Waals surface area contributed by atoms with Crippen molar-refractivity contribution in [2.24, 2.45) is 5.41 Å². The predicted molar refractivity (Wildman–Crippen MR) is 94.1 cm³/mol. The fraction of sp³-hybridized carbons (Fsp3) is 0.300. The maximum atomic E-state index is 12.5. The first kappa shape index (κ1) is 17.7. The van der Waals surface area contributed by atoms with Gasteiger partial charge in [0.25, 0.3) is 5.91 Å². The van der Waals surface area contributed by atoms with Gasteiger partial charge in [0.15, 0.2) is 0 Å². The van der Waals surface area contributed by atoms with Gasteiger partial charge in [0.05, 0.1) is 5.41 Å². The molecule has 0 saturated heterocycles. The van der Waals surface area contributed by atoms with E-state index < -0.39 is 11.4 Å². The number of carbonyl (C=O) groups excluding carboxylic acids is 1. The van der Waals surface area contributed by atoms with Crippen LogP contribution < -0.4 is 5.32 Å². The Hall–Kier alpha value is -2.62. The summed E-state index contributed by atoms with van der Waals surface area (Å²) in [6, 6.07) is 17.5. The number of benzene rings is 2. The summed E-state index contributed by atoms with van der Waals surface area (Å²) in [4.78, 5) is 23.6. The Morgan fingerprint density at radius 2 is 1.62 bits per heavy atom. The maximum Gasteiger partial charge on any atom is 0.309 e. The van der Waals surface area contributed by atoms with E-state index in [-0.39, 0.29) is 5.91 Å². The van der Waals surface area contributed by atoms with Crippen molar-refractivity contribution in [3.8, 4) is 0 Å². The molecule has 24 heavy (non-hydrogen) atoms. The van der Waals surface area contributed by atoms with E-state index in [9.17, 15) is 9.59 Å². The molecule has 0 radical (unpaired) electrons. The molecule has 0 spiro atoms. The zero-order valence-corrected chi connectivity index (χ0v) is 14.1. The van der Waals surface area contributed by atoms with Crippen molar-refractivity contribution in [3.63, 3.8) is 0 Å². The quantitative estimate of drug-likeness (QED) is 0.818. The summed E-state index contributed by atoms with van der Waals surface area (Å²) >= 11 is 0. The van der Waals surface area contributed by atoms with Gasteiger partial charge in [-0.2, -0.15) is 0 Å². The van der Waals surface area contributed by atoms with Crippen LogP contribution in [0.15, 0.2) is 54.6 Å². The highest BCUT2D eigenvalue weighted by Crippen LogP contribution is 2.20. The van der Waals surface area contributed by atoms with Crippen molar-refractivity contribution in [1.29, 1.82) is 0 Å². The number of hydrogen-bond donors (Lipinski definition) is 2. The molecule has 0 unspecified atom stereocenters. The third kappa shape index (κ3) is 4.69. The Labute approximate surface area is 142 Å². The van der Waals surface area contributed by atoms with Gasteiger partial charge in [-0.1, -0.05) is 48.5 Å². The first-order chi connectivity index (χ1) is 11.4. The summed E-state index contributed by atoms with van der Waals surface area (Å²) in [5.74, 6) is -1.02. The second kappa shape index (κ2) is 7.77. The molecule has 2 aromatic carbocycles. The molecule has 2 aromatic rings. The van der Waals surface area contributed by atoms with Gasteiger partial charge in [-0.25, -0.2) is 0 Å². The predicted octanol–water partition coefficient (Wildman–Crippen LogP) is 3.51. The van der Waals surface area contributed by atoms with E-state index in [1.807, 2.05) is 48.5 Å². The van der Waals surface area contributed by atoms with Crippen LogP contribution in [0.5, 0.6) is 0 Å². The SMILES string of the molecule is CC(C)(CCNC(=O)c1ccccc1Cc1ccccc1)C(=O)O. The number of rotatable bonds is 7. The number of nitrogens with one attached hydrogen (secondary N) is 1. The standard InChI is InChI=1S/C20H23NO3/c1-20(2,19(23)24)12-13-21-18(22)17-11-7-6-10-16(17)14-15-8-4-3-5-9-15/h3-11H,12-14H2,1-2H3,(H,21,22)(H,23,24). The molecular formula is C20H23NO3. The van der Waals surface area contributed by atoms with E-state index in [0.717, 1.165) is 11.1 Å². The molecule has 0 fully saturated rings. The molecule has 4 nitrogen and oxygen atoms in total. The van der Waals surface area contributed by atoms with Gasteiger partial charge in [0.1, 0.15) is 0 Å². The summed E-state index contributed by atoms with van der Waals surface area (Å²) in [6.07, 6.45) is 1.07. The van der Waals surface area contributed by atoms with Crippen LogP contribution in [0.25, 0.3) is 0 Å². The summed E-state index contributed by atoms with van der Waals surface area (Å²) in [7, 11) is 0. The summed E-state index contributed by atoms with van der Waals surface area (Å²) in [5, 5.41) is 12.0. The first-order valence-corrected chi connectivity index (χ1v) is 8.03. The third-order valence-electron chi connectivity index (χ3n) is 4.11. The highest BCUT2D eigenvalue weighted by molar-refractivity contribution is 5.95. The maximum absolute atomic E-state index is 12.5. The molecule has 2 rings (SSSR count). The number of hydrogen-bond acceptors (Lipinski definition) is 2. The highest BCUT2D eigenvalue weighted by Gasteiger charge is 2.26. The highest BCUT2D eigenvalue weighted by atomic mass is 16.4. The topological polar surface area (TPSA) is 66.4 Å². The van der Waals surface area contributed by atoms with Crippen molar-refractivity contribution in [2.75, 3.05) is 6.54 Å². The monoisotopic (exact) mass is 325 g/mol. The van der Waals surface area contributed by atoms with E-state index in [1.54, 1.807) is 19.9 Å². The second-order valence-electron chi connectivity index (χ2n) is 6.51. The van der Waals surface area contributed by atoms with Crippen LogP contribution in [-0.2, 0) is 11.2 Å². The zero-order chi connectivity index (χ0) is 17.6. The molecule has 0 aromatic heterocycles. The first-order valence-electron chi connectivity index (χ1n) is 8.03. The molecule has 0 bridgehead atoms. The molecule has 2 N–H and O–H groups in total. The van der Waals surface area contributed by atoms with Crippen molar-refractivity contribution < 1.29 is 14.7 Å². The van der Waals surface area contributed by atoms with Crippen LogP contribution in [0.4, 0.5) is 0 Å². The van der Waals surface area contributed by atoms with Crippen LogP contribution in [0.2, 0.25) is 0 Å². The van der Waals surface area contributed by atoms with Gasteiger partial charge < -0.3 is 10.4 Å². The molecule has 0 heterocycles. The van der Waals surface area contributed by atoms with Crippen molar-refractivity contribution in [2.45, 2.75) is 26.7 Å². The van der Waals surface area contributed by atoms with Crippen molar-refractivity contribution in [3.05, 3.63) is 71.3 Å². The number of carbonyl (C=O) groups is 2. The van der Waals surface area contributed by atoms with E-state index in [4.69, 9.17) is 5.11 Å². The normalized spacial score (nSPS) is 11.1. The minimum atomic E-state index is -0.860. The van der Waals surface area contributed by atoms with Crippen LogP contribution in [0.1, 0.15) is 41.8 Å². The molecule has 1 amide bonds. The fourth-order valence-electron chi connectivity index (χ4n) is 2.40. The van der Waals surface area contributed by atoms with E-state index in [1.165, 1.54) is 0 Å². The molecule has 0 aliphatic carbocycles. The van der Waals surface area contributed by atoms with Crippen molar-refractivity contribution in [1.82, 2.24) is 5.32 Å². The Bertz CT molecular complexity index is 708. The third-order valence-corrected chi connectivity index (χ3v) is 4.11. The molecule has 0 aliphatic rings. The van der Waals surface area contributed by atoms with Gasteiger partial charge in [0, 0.05) is 12.1 Å². The number of carboxylic acid groups (broad SMARTS) is 1.